The number of thiol groups is 1. The number of carbonyl (C=O) groups is 1. The lowest BCUT2D eigenvalue weighted by atomic mass is 9.96. The number of aromatic carboxylic acids is 1. The molecule has 1 rings (SSSR count). The van der Waals surface area contributed by atoms with Gasteiger partial charge in [-0.15, -0.1) is 0 Å². The van der Waals surface area contributed by atoms with E-state index in [2.05, 4.69) is 12.6 Å². The number of alkyl halides is 3. The molecule has 2 atom stereocenters. The second-order valence-corrected chi connectivity index (χ2v) is 4.16. The van der Waals surface area contributed by atoms with Crippen LogP contribution in [0, 0.1) is 0 Å². The second-order valence-electron chi connectivity index (χ2n) is 3.80. The Labute approximate surface area is 111 Å². The van der Waals surface area contributed by atoms with Crippen molar-refractivity contribution in [1.29, 1.82) is 0 Å². The number of benzene rings is 1. The lowest BCUT2D eigenvalue weighted by molar-refractivity contribution is -0.137. The summed E-state index contributed by atoms with van der Waals surface area (Å²) < 4.78 is 37.6. The number of carboxylic acid groups (broad SMARTS) is 1. The van der Waals surface area contributed by atoms with Crippen LogP contribution in [-0.2, 0) is 6.18 Å². The van der Waals surface area contributed by atoms with Crippen molar-refractivity contribution >= 4 is 18.6 Å². The Morgan fingerprint density at radius 2 is 1.89 bits per heavy atom. The molecule has 1 aromatic rings. The van der Waals surface area contributed by atoms with Crippen molar-refractivity contribution in [2.45, 2.75) is 18.4 Å². The second kappa shape index (κ2) is 5.81. The summed E-state index contributed by atoms with van der Waals surface area (Å²) in [5, 5.41) is 27.9. The first-order valence-electron chi connectivity index (χ1n) is 5.10. The summed E-state index contributed by atoms with van der Waals surface area (Å²) >= 11 is 3.69. The lowest BCUT2D eigenvalue weighted by Crippen LogP contribution is -2.23. The maximum Gasteiger partial charge on any atom is 0.416 e. The van der Waals surface area contributed by atoms with Gasteiger partial charge in [0.2, 0.25) is 0 Å². The van der Waals surface area contributed by atoms with Crippen LogP contribution in [-0.4, -0.2) is 33.1 Å². The highest BCUT2D eigenvalue weighted by Crippen LogP contribution is 2.33. The number of aliphatic hydroxyl groups is 2. The van der Waals surface area contributed by atoms with Gasteiger partial charge < -0.3 is 15.3 Å². The van der Waals surface area contributed by atoms with Gasteiger partial charge in [-0.25, -0.2) is 4.79 Å². The summed E-state index contributed by atoms with van der Waals surface area (Å²) in [5.41, 5.74) is -2.09. The first-order chi connectivity index (χ1) is 8.68. The van der Waals surface area contributed by atoms with Gasteiger partial charge in [0.25, 0.3) is 0 Å². The molecule has 0 aromatic heterocycles. The van der Waals surface area contributed by atoms with E-state index in [0.717, 1.165) is 6.07 Å². The molecule has 106 valence electrons. The Hall–Kier alpha value is -1.25. The van der Waals surface area contributed by atoms with Gasteiger partial charge in [0.15, 0.2) is 0 Å². The number of hydrogen-bond acceptors (Lipinski definition) is 4. The maximum atomic E-state index is 12.5. The van der Waals surface area contributed by atoms with E-state index in [9.17, 15) is 28.2 Å². The van der Waals surface area contributed by atoms with Crippen molar-refractivity contribution in [2.24, 2.45) is 0 Å². The minimum absolute atomic E-state index is 0.226. The number of rotatable bonds is 4. The van der Waals surface area contributed by atoms with E-state index in [1.165, 1.54) is 0 Å². The normalized spacial score (nSPS) is 15.1. The van der Waals surface area contributed by atoms with Crippen LogP contribution in [0.15, 0.2) is 18.2 Å². The smallest absolute Gasteiger partial charge is 0.416 e. The van der Waals surface area contributed by atoms with Gasteiger partial charge in [-0.05, 0) is 23.8 Å². The zero-order valence-electron chi connectivity index (χ0n) is 9.42. The van der Waals surface area contributed by atoms with E-state index in [4.69, 9.17) is 5.11 Å². The fraction of sp³-hybridized carbons (Fsp3) is 0.364. The van der Waals surface area contributed by atoms with Crippen LogP contribution in [0.4, 0.5) is 13.2 Å². The molecular weight excluding hydrogens is 285 g/mol. The summed E-state index contributed by atoms with van der Waals surface area (Å²) in [4.78, 5) is 10.9. The molecule has 0 fully saturated rings. The molecule has 0 aliphatic carbocycles. The molecule has 19 heavy (non-hydrogen) atoms. The summed E-state index contributed by atoms with van der Waals surface area (Å²) in [6, 6.07) is 1.86. The molecule has 0 saturated carbocycles. The minimum Gasteiger partial charge on any atom is -0.478 e. The number of carboxylic acids is 1. The average molecular weight is 296 g/mol. The third-order valence-corrected chi connectivity index (χ3v) is 2.85. The van der Waals surface area contributed by atoms with Gasteiger partial charge in [0.1, 0.15) is 6.10 Å². The predicted octanol–water partition coefficient (Wildman–Crippen LogP) is 1.73. The molecule has 2 unspecified atom stereocenters. The van der Waals surface area contributed by atoms with Gasteiger partial charge in [-0.1, -0.05) is 0 Å². The maximum absolute atomic E-state index is 12.5. The first-order valence-corrected chi connectivity index (χ1v) is 5.73. The SMILES string of the molecule is O=C(O)c1ccc(C(F)(F)F)cc1C(O)C(O)CS. The number of hydrogen-bond donors (Lipinski definition) is 4. The van der Waals surface area contributed by atoms with Gasteiger partial charge in [-0.3, -0.25) is 0 Å². The standard InChI is InChI=1S/C11H11F3O4S/c12-11(13,14)5-1-2-6(10(17)18)7(3-5)9(16)8(15)4-19/h1-3,8-9,15-16,19H,4H2,(H,17,18). The summed E-state index contributed by atoms with van der Waals surface area (Å²) in [6.07, 6.45) is -7.90. The summed E-state index contributed by atoms with van der Waals surface area (Å²) in [7, 11) is 0. The van der Waals surface area contributed by atoms with Gasteiger partial charge in [0.05, 0.1) is 17.2 Å². The number of halogens is 3. The third kappa shape index (κ3) is 3.62. The molecular formula is C11H11F3O4S. The van der Waals surface area contributed by atoms with Crippen molar-refractivity contribution in [3.8, 4) is 0 Å². The quantitative estimate of drug-likeness (QED) is 0.638. The van der Waals surface area contributed by atoms with E-state index in [0.29, 0.717) is 12.1 Å². The highest BCUT2D eigenvalue weighted by Gasteiger charge is 2.33. The molecule has 0 aliphatic rings. The fourth-order valence-corrected chi connectivity index (χ4v) is 1.69. The Balaban J connectivity index is 3.35. The Morgan fingerprint density at radius 1 is 1.32 bits per heavy atom. The molecule has 0 amide bonds. The topological polar surface area (TPSA) is 77.8 Å². The molecule has 0 aliphatic heterocycles. The van der Waals surface area contributed by atoms with Crippen LogP contribution in [0.2, 0.25) is 0 Å². The van der Waals surface area contributed by atoms with Crippen molar-refractivity contribution in [2.75, 3.05) is 5.75 Å². The van der Waals surface area contributed by atoms with Crippen LogP contribution in [0.3, 0.4) is 0 Å². The molecule has 0 bridgehead atoms. The summed E-state index contributed by atoms with van der Waals surface area (Å²) in [5.74, 6) is -1.72. The molecule has 0 heterocycles. The van der Waals surface area contributed by atoms with Crippen LogP contribution >= 0.6 is 12.6 Å². The van der Waals surface area contributed by atoms with Crippen molar-refractivity contribution in [3.05, 3.63) is 34.9 Å². The first kappa shape index (κ1) is 15.8. The van der Waals surface area contributed by atoms with Crippen LogP contribution in [0.5, 0.6) is 0 Å². The van der Waals surface area contributed by atoms with Crippen LogP contribution < -0.4 is 0 Å². The molecule has 0 radical (unpaired) electrons. The van der Waals surface area contributed by atoms with E-state index >= 15 is 0 Å². The van der Waals surface area contributed by atoms with Crippen LogP contribution in [0.25, 0.3) is 0 Å². The van der Waals surface area contributed by atoms with Gasteiger partial charge in [-0.2, -0.15) is 25.8 Å². The van der Waals surface area contributed by atoms with Gasteiger partial charge in [0, 0.05) is 5.75 Å². The zero-order valence-corrected chi connectivity index (χ0v) is 10.3. The lowest BCUT2D eigenvalue weighted by Gasteiger charge is -2.19. The molecule has 3 N–H and O–H groups in total. The molecule has 1 aromatic carbocycles. The van der Waals surface area contributed by atoms with E-state index in [1.807, 2.05) is 0 Å². The zero-order chi connectivity index (χ0) is 14.8. The predicted molar refractivity (Wildman–Crippen MR) is 63.2 cm³/mol. The van der Waals surface area contributed by atoms with E-state index in [-0.39, 0.29) is 5.75 Å². The Kier molecular flexibility index (Phi) is 4.83. The Morgan fingerprint density at radius 3 is 2.32 bits per heavy atom. The number of aliphatic hydroxyl groups excluding tert-OH is 2. The monoisotopic (exact) mass is 296 g/mol. The summed E-state index contributed by atoms with van der Waals surface area (Å²) in [6.45, 7) is 0. The minimum atomic E-state index is -4.67. The molecule has 0 spiro atoms. The molecule has 8 heteroatoms. The molecule has 4 nitrogen and oxygen atoms in total. The third-order valence-electron chi connectivity index (χ3n) is 2.48. The Bertz CT molecular complexity index is 475. The molecule has 0 saturated heterocycles. The average Bonchev–Trinajstić information content (AvgIpc) is 2.34. The largest absolute Gasteiger partial charge is 0.478 e. The van der Waals surface area contributed by atoms with Crippen molar-refractivity contribution < 1.29 is 33.3 Å². The highest BCUT2D eigenvalue weighted by atomic mass is 32.1. The van der Waals surface area contributed by atoms with Crippen molar-refractivity contribution in [3.63, 3.8) is 0 Å². The highest BCUT2D eigenvalue weighted by molar-refractivity contribution is 7.80. The van der Waals surface area contributed by atoms with Crippen molar-refractivity contribution in [1.82, 2.24) is 0 Å². The van der Waals surface area contributed by atoms with Crippen LogP contribution in [0.1, 0.15) is 27.6 Å². The van der Waals surface area contributed by atoms with Gasteiger partial charge >= 0.3 is 12.1 Å². The van der Waals surface area contributed by atoms with E-state index < -0.39 is 41.0 Å². The van der Waals surface area contributed by atoms with E-state index in [1.54, 1.807) is 0 Å². The fourth-order valence-electron chi connectivity index (χ4n) is 1.49.